The summed E-state index contributed by atoms with van der Waals surface area (Å²) >= 11 is 0. The number of alkyl halides is 4. The molecule has 0 N–H and O–H groups in total. The Balaban J connectivity index is 1.98. The van der Waals surface area contributed by atoms with Crippen molar-refractivity contribution in [1.82, 2.24) is 0 Å². The van der Waals surface area contributed by atoms with Crippen LogP contribution in [0.5, 0.6) is 0 Å². The van der Waals surface area contributed by atoms with Gasteiger partial charge < -0.3 is 0 Å². The molecule has 0 radical (unpaired) electrons. The minimum absolute atomic E-state index is 0.00727. The van der Waals surface area contributed by atoms with Gasteiger partial charge in [-0.2, -0.15) is 0 Å². The molecule has 4 atom stereocenters. The molecule has 4 unspecified atom stereocenters. The number of hydrogen-bond acceptors (Lipinski definition) is 0. The van der Waals surface area contributed by atoms with Gasteiger partial charge in [-0.05, 0) is 37.5 Å². The van der Waals surface area contributed by atoms with E-state index >= 15 is 0 Å². The lowest BCUT2D eigenvalue weighted by Crippen LogP contribution is -2.42. The Morgan fingerprint density at radius 3 is 1.81 bits per heavy atom. The monoisotopic (exact) mass is 238 g/mol. The van der Waals surface area contributed by atoms with E-state index in [2.05, 4.69) is 0 Å². The Bertz CT molecular complexity index is 221. The zero-order valence-corrected chi connectivity index (χ0v) is 9.22. The van der Waals surface area contributed by atoms with Crippen LogP contribution in [0.3, 0.4) is 0 Å². The van der Waals surface area contributed by atoms with Crippen LogP contribution in [0.1, 0.15) is 38.5 Å². The fourth-order valence-corrected chi connectivity index (χ4v) is 3.16. The summed E-state index contributed by atoms with van der Waals surface area (Å²) in [6.45, 7) is 0. The van der Waals surface area contributed by atoms with Crippen molar-refractivity contribution in [2.45, 2.75) is 63.2 Å². The Kier molecular flexibility index (Phi) is 3.75. The van der Waals surface area contributed by atoms with E-state index in [0.29, 0.717) is 12.8 Å². The lowest BCUT2D eigenvalue weighted by Gasteiger charge is -2.38. The number of hydrogen-bond donors (Lipinski definition) is 0. The quantitative estimate of drug-likeness (QED) is 0.607. The highest BCUT2D eigenvalue weighted by atomic mass is 19.2. The first kappa shape index (κ1) is 12.2. The molecule has 0 aromatic heterocycles. The fraction of sp³-hybridized carbons (Fsp3) is 1.00. The van der Waals surface area contributed by atoms with Crippen LogP contribution in [-0.2, 0) is 0 Å². The van der Waals surface area contributed by atoms with Gasteiger partial charge in [0.1, 0.15) is 18.5 Å². The second kappa shape index (κ2) is 4.92. The summed E-state index contributed by atoms with van der Waals surface area (Å²) in [4.78, 5) is 0. The van der Waals surface area contributed by atoms with E-state index < -0.39 is 24.7 Å². The van der Waals surface area contributed by atoms with Crippen LogP contribution in [0.15, 0.2) is 0 Å². The summed E-state index contributed by atoms with van der Waals surface area (Å²) < 4.78 is 53.1. The lowest BCUT2D eigenvalue weighted by atomic mass is 9.71. The van der Waals surface area contributed by atoms with Crippen molar-refractivity contribution in [3.63, 3.8) is 0 Å². The molecule has 16 heavy (non-hydrogen) atoms. The second-order valence-electron chi connectivity index (χ2n) is 5.17. The molecule has 2 rings (SSSR count). The van der Waals surface area contributed by atoms with Crippen LogP contribution >= 0.6 is 0 Å². The van der Waals surface area contributed by atoms with Gasteiger partial charge in [0, 0.05) is 0 Å². The highest BCUT2D eigenvalue weighted by Crippen LogP contribution is 2.42. The summed E-state index contributed by atoms with van der Waals surface area (Å²) in [6, 6.07) is 0. The van der Waals surface area contributed by atoms with Gasteiger partial charge in [-0.1, -0.05) is 12.8 Å². The maximum Gasteiger partial charge on any atom is 0.162 e. The predicted molar refractivity (Wildman–Crippen MR) is 54.3 cm³/mol. The average Bonchev–Trinajstić information content (AvgIpc) is 2.26. The van der Waals surface area contributed by atoms with Gasteiger partial charge in [-0.25, -0.2) is 17.6 Å². The zero-order valence-electron chi connectivity index (χ0n) is 9.22. The van der Waals surface area contributed by atoms with E-state index in [4.69, 9.17) is 0 Å². The van der Waals surface area contributed by atoms with Crippen molar-refractivity contribution in [2.24, 2.45) is 11.8 Å². The van der Waals surface area contributed by atoms with Gasteiger partial charge in [-0.15, -0.1) is 0 Å². The summed E-state index contributed by atoms with van der Waals surface area (Å²) in [5, 5.41) is 0. The van der Waals surface area contributed by atoms with Gasteiger partial charge in [-0.3, -0.25) is 0 Å². The number of rotatable bonds is 1. The minimum Gasteiger partial charge on any atom is -0.247 e. The summed E-state index contributed by atoms with van der Waals surface area (Å²) in [6.07, 6.45) is -3.49. The molecule has 0 heterocycles. The van der Waals surface area contributed by atoms with E-state index in [9.17, 15) is 17.6 Å². The fourth-order valence-electron chi connectivity index (χ4n) is 3.16. The Hall–Kier alpha value is -0.280. The molecule has 0 aromatic carbocycles. The zero-order chi connectivity index (χ0) is 11.7. The van der Waals surface area contributed by atoms with E-state index in [1.54, 1.807) is 0 Å². The Labute approximate surface area is 93.4 Å². The van der Waals surface area contributed by atoms with Crippen molar-refractivity contribution < 1.29 is 17.6 Å². The number of halogens is 4. The maximum atomic E-state index is 13.6. The Morgan fingerprint density at radius 1 is 0.688 bits per heavy atom. The van der Waals surface area contributed by atoms with Crippen molar-refractivity contribution in [2.75, 3.05) is 0 Å². The molecule has 0 bridgehead atoms. The third kappa shape index (κ3) is 2.35. The highest BCUT2D eigenvalue weighted by Gasteiger charge is 2.43. The minimum atomic E-state index is -2.00. The molecular weight excluding hydrogens is 220 g/mol. The molecule has 0 amide bonds. The molecule has 0 saturated heterocycles. The molecule has 2 aliphatic rings. The van der Waals surface area contributed by atoms with Crippen LogP contribution in [-0.4, -0.2) is 24.7 Å². The van der Waals surface area contributed by atoms with E-state index in [1.165, 1.54) is 0 Å². The third-order valence-electron chi connectivity index (χ3n) is 4.08. The van der Waals surface area contributed by atoms with Gasteiger partial charge in [0.15, 0.2) is 6.17 Å². The normalized spacial score (nSPS) is 50.2. The summed E-state index contributed by atoms with van der Waals surface area (Å²) in [5.41, 5.74) is 0. The average molecular weight is 238 g/mol. The van der Waals surface area contributed by atoms with Gasteiger partial charge in [0.2, 0.25) is 0 Å². The highest BCUT2D eigenvalue weighted by molar-refractivity contribution is 4.92. The molecule has 4 heteroatoms. The van der Waals surface area contributed by atoms with Crippen molar-refractivity contribution in [3.05, 3.63) is 0 Å². The smallest absolute Gasteiger partial charge is 0.162 e. The molecule has 94 valence electrons. The molecular formula is C12H18F4. The predicted octanol–water partition coefficient (Wildman–Crippen LogP) is 3.94. The van der Waals surface area contributed by atoms with E-state index in [-0.39, 0.29) is 24.7 Å². The molecule has 2 fully saturated rings. The van der Waals surface area contributed by atoms with Crippen LogP contribution in [0, 0.1) is 11.8 Å². The first-order valence-corrected chi connectivity index (χ1v) is 6.16. The van der Waals surface area contributed by atoms with Crippen molar-refractivity contribution >= 4 is 0 Å². The van der Waals surface area contributed by atoms with Crippen LogP contribution < -0.4 is 0 Å². The third-order valence-corrected chi connectivity index (χ3v) is 4.08. The van der Waals surface area contributed by atoms with Crippen molar-refractivity contribution in [3.8, 4) is 0 Å². The molecule has 2 aliphatic carbocycles. The second-order valence-corrected chi connectivity index (χ2v) is 5.17. The van der Waals surface area contributed by atoms with Crippen molar-refractivity contribution in [1.29, 1.82) is 0 Å². The lowest BCUT2D eigenvalue weighted by molar-refractivity contribution is -0.0178. The Morgan fingerprint density at radius 2 is 1.25 bits per heavy atom. The molecule has 0 aliphatic heterocycles. The molecule has 2 saturated carbocycles. The first-order valence-electron chi connectivity index (χ1n) is 6.16. The van der Waals surface area contributed by atoms with Crippen LogP contribution in [0.4, 0.5) is 17.6 Å². The van der Waals surface area contributed by atoms with E-state index in [1.807, 2.05) is 0 Å². The SMILES string of the molecule is FC1CC(C2CCCCC2F)CC(F)C1F. The van der Waals surface area contributed by atoms with Crippen LogP contribution in [0.25, 0.3) is 0 Å². The van der Waals surface area contributed by atoms with Gasteiger partial charge >= 0.3 is 0 Å². The van der Waals surface area contributed by atoms with Crippen LogP contribution in [0.2, 0.25) is 0 Å². The molecule has 0 aromatic rings. The molecule has 0 spiro atoms. The van der Waals surface area contributed by atoms with E-state index in [0.717, 1.165) is 12.8 Å². The maximum absolute atomic E-state index is 13.6. The first-order chi connectivity index (χ1) is 7.59. The summed E-state index contributed by atoms with van der Waals surface area (Å²) in [5.74, 6) is -0.565. The molecule has 0 nitrogen and oxygen atoms in total. The summed E-state index contributed by atoms with van der Waals surface area (Å²) in [7, 11) is 0. The standard InChI is InChI=1S/C12H18F4/c13-9-4-2-1-3-8(9)7-5-10(14)12(16)11(15)6-7/h7-12H,1-6H2. The largest absolute Gasteiger partial charge is 0.247 e. The van der Waals surface area contributed by atoms with Gasteiger partial charge in [0.05, 0.1) is 0 Å². The topological polar surface area (TPSA) is 0 Å². The van der Waals surface area contributed by atoms with Gasteiger partial charge in [0.25, 0.3) is 0 Å².